The number of hydrogen-bond donors (Lipinski definition) is 1. The zero-order chi connectivity index (χ0) is 17.9. The number of aromatic nitrogens is 3. The average molecular weight is 364 g/mol. The summed E-state index contributed by atoms with van der Waals surface area (Å²) in [7, 11) is 0. The molecule has 4 rings (SSSR count). The Hall–Kier alpha value is -2.86. The molecule has 130 valence electrons. The quantitative estimate of drug-likeness (QED) is 0.427. The number of nitrogens with zero attached hydrogens (tertiary/aromatic N) is 3. The lowest BCUT2D eigenvalue weighted by Gasteiger charge is -2.07. The predicted molar refractivity (Wildman–Crippen MR) is 103 cm³/mol. The van der Waals surface area contributed by atoms with Crippen LogP contribution in [-0.2, 0) is 12.2 Å². The highest BCUT2D eigenvalue weighted by Crippen LogP contribution is 2.24. The second-order valence-corrected chi connectivity index (χ2v) is 6.94. The fourth-order valence-electron chi connectivity index (χ4n) is 2.87. The van der Waals surface area contributed by atoms with Gasteiger partial charge >= 0.3 is 0 Å². The van der Waals surface area contributed by atoms with Gasteiger partial charge in [0.25, 0.3) is 0 Å². The van der Waals surface area contributed by atoms with Crippen molar-refractivity contribution in [1.82, 2.24) is 14.9 Å². The Kier molecular flexibility index (Phi) is 4.58. The minimum atomic E-state index is -0.238. The van der Waals surface area contributed by atoms with Crippen molar-refractivity contribution in [3.8, 4) is 0 Å². The summed E-state index contributed by atoms with van der Waals surface area (Å²) in [5.41, 5.74) is 2.17. The zero-order valence-electron chi connectivity index (χ0n) is 14.0. The Morgan fingerprint density at radius 1 is 0.923 bits per heavy atom. The van der Waals surface area contributed by atoms with Crippen molar-refractivity contribution < 1.29 is 4.39 Å². The molecule has 6 heteroatoms. The largest absolute Gasteiger partial charge is 0.336 e. The first-order valence-electron chi connectivity index (χ1n) is 8.24. The van der Waals surface area contributed by atoms with E-state index in [2.05, 4.69) is 34.5 Å². The van der Waals surface area contributed by atoms with Crippen LogP contribution in [0.5, 0.6) is 0 Å². The molecule has 1 heterocycles. The summed E-state index contributed by atoms with van der Waals surface area (Å²) in [4.78, 5) is 0. The van der Waals surface area contributed by atoms with E-state index >= 15 is 0 Å². The second-order valence-electron chi connectivity index (χ2n) is 6.00. The van der Waals surface area contributed by atoms with Gasteiger partial charge in [-0.15, -0.1) is 10.2 Å². The molecule has 2 N–H and O–H groups in total. The minimum Gasteiger partial charge on any atom is -0.336 e. The van der Waals surface area contributed by atoms with Crippen LogP contribution in [0.3, 0.4) is 0 Å². The van der Waals surface area contributed by atoms with E-state index in [9.17, 15) is 4.39 Å². The Labute approximate surface area is 154 Å². The fraction of sp³-hybridized carbons (Fsp3) is 0.100. The van der Waals surface area contributed by atoms with Crippen LogP contribution in [0.1, 0.15) is 17.0 Å². The maximum absolute atomic E-state index is 13.0. The van der Waals surface area contributed by atoms with Crippen LogP contribution in [0.15, 0.2) is 71.9 Å². The number of benzene rings is 3. The molecule has 0 bridgehead atoms. The molecule has 4 aromatic rings. The molecular formula is C20H17FN4S. The number of nitrogen functional groups attached to an aromatic ring is 1. The van der Waals surface area contributed by atoms with Crippen LogP contribution in [0.25, 0.3) is 10.8 Å². The first-order chi connectivity index (χ1) is 12.7. The molecule has 4 nitrogen and oxygen atoms in total. The van der Waals surface area contributed by atoms with Crippen molar-refractivity contribution >= 4 is 22.5 Å². The van der Waals surface area contributed by atoms with Crippen LogP contribution in [0.2, 0.25) is 0 Å². The molecule has 0 atom stereocenters. The topological polar surface area (TPSA) is 56.7 Å². The van der Waals surface area contributed by atoms with Crippen molar-refractivity contribution in [3.63, 3.8) is 0 Å². The van der Waals surface area contributed by atoms with Gasteiger partial charge in [-0.1, -0.05) is 66.4 Å². The summed E-state index contributed by atoms with van der Waals surface area (Å²) in [6, 6.07) is 20.9. The highest BCUT2D eigenvalue weighted by molar-refractivity contribution is 7.98. The third kappa shape index (κ3) is 3.41. The molecule has 0 spiro atoms. The van der Waals surface area contributed by atoms with Gasteiger partial charge in [-0.25, -0.2) is 9.07 Å². The normalized spacial score (nSPS) is 11.1. The lowest BCUT2D eigenvalue weighted by Crippen LogP contribution is -2.14. The van der Waals surface area contributed by atoms with Gasteiger partial charge in [0.1, 0.15) is 5.82 Å². The Morgan fingerprint density at radius 3 is 2.54 bits per heavy atom. The van der Waals surface area contributed by atoms with Crippen molar-refractivity contribution in [1.29, 1.82) is 0 Å². The van der Waals surface area contributed by atoms with Gasteiger partial charge in [0, 0.05) is 12.2 Å². The summed E-state index contributed by atoms with van der Waals surface area (Å²) in [5.74, 6) is 7.32. The van der Waals surface area contributed by atoms with Crippen molar-refractivity contribution in [3.05, 3.63) is 89.5 Å². The average Bonchev–Trinajstić information content (AvgIpc) is 3.01. The molecule has 0 amide bonds. The maximum Gasteiger partial charge on any atom is 0.210 e. The van der Waals surface area contributed by atoms with Crippen molar-refractivity contribution in [2.75, 3.05) is 5.84 Å². The number of thioether (sulfide) groups is 1. The monoisotopic (exact) mass is 364 g/mol. The summed E-state index contributed by atoms with van der Waals surface area (Å²) in [6.45, 7) is 0. The third-order valence-electron chi connectivity index (χ3n) is 4.24. The molecule has 0 saturated heterocycles. The number of halogens is 1. The van der Waals surface area contributed by atoms with E-state index in [1.807, 2.05) is 18.2 Å². The zero-order valence-corrected chi connectivity index (χ0v) is 14.8. The highest BCUT2D eigenvalue weighted by atomic mass is 32.2. The molecule has 0 aliphatic rings. The number of fused-ring (bicyclic) bond motifs is 1. The fourth-order valence-corrected chi connectivity index (χ4v) is 3.70. The number of nitrogens with two attached hydrogens (primary N) is 1. The molecule has 0 radical (unpaired) electrons. The lowest BCUT2D eigenvalue weighted by atomic mass is 10.0. The van der Waals surface area contributed by atoms with Crippen LogP contribution >= 0.6 is 11.8 Å². The van der Waals surface area contributed by atoms with Gasteiger partial charge in [0.2, 0.25) is 5.16 Å². The predicted octanol–water partition coefficient (Wildman–Crippen LogP) is 4.17. The summed E-state index contributed by atoms with van der Waals surface area (Å²) in [6.07, 6.45) is 0.613. The smallest absolute Gasteiger partial charge is 0.210 e. The molecule has 0 saturated carbocycles. The second kappa shape index (κ2) is 7.17. The van der Waals surface area contributed by atoms with Crippen molar-refractivity contribution in [2.24, 2.45) is 0 Å². The van der Waals surface area contributed by atoms with Gasteiger partial charge in [0.15, 0.2) is 5.82 Å². The van der Waals surface area contributed by atoms with E-state index < -0.39 is 0 Å². The van der Waals surface area contributed by atoms with Gasteiger partial charge in [0.05, 0.1) is 0 Å². The van der Waals surface area contributed by atoms with E-state index in [4.69, 9.17) is 5.84 Å². The number of hydrogen-bond acceptors (Lipinski definition) is 4. The molecular weight excluding hydrogens is 347 g/mol. The van der Waals surface area contributed by atoms with Crippen LogP contribution in [-0.4, -0.2) is 14.9 Å². The van der Waals surface area contributed by atoms with E-state index in [-0.39, 0.29) is 5.82 Å². The first-order valence-corrected chi connectivity index (χ1v) is 9.22. The summed E-state index contributed by atoms with van der Waals surface area (Å²) >= 11 is 1.48. The Morgan fingerprint density at radius 2 is 1.69 bits per heavy atom. The Balaban J connectivity index is 1.52. The summed E-state index contributed by atoms with van der Waals surface area (Å²) < 4.78 is 14.5. The molecule has 0 fully saturated rings. The number of rotatable bonds is 5. The molecule has 0 unspecified atom stereocenters. The highest BCUT2D eigenvalue weighted by Gasteiger charge is 2.12. The molecule has 0 aliphatic heterocycles. The first kappa shape index (κ1) is 16.6. The SMILES string of the molecule is Nn1c(Cc2cccc3ccccc23)nnc1SCc1ccc(F)cc1. The van der Waals surface area contributed by atoms with Gasteiger partial charge < -0.3 is 5.84 Å². The van der Waals surface area contributed by atoms with Crippen LogP contribution in [0, 0.1) is 5.82 Å². The lowest BCUT2D eigenvalue weighted by molar-refractivity contribution is 0.627. The van der Waals surface area contributed by atoms with Crippen LogP contribution in [0.4, 0.5) is 4.39 Å². The van der Waals surface area contributed by atoms with Gasteiger partial charge in [-0.3, -0.25) is 0 Å². The van der Waals surface area contributed by atoms with Crippen LogP contribution < -0.4 is 5.84 Å². The molecule has 0 aliphatic carbocycles. The van der Waals surface area contributed by atoms with E-state index in [0.717, 1.165) is 11.1 Å². The van der Waals surface area contributed by atoms with E-state index in [0.29, 0.717) is 23.2 Å². The standard InChI is InChI=1S/C20H17FN4S/c21-17-10-8-14(9-11-17)13-26-20-24-23-19(25(20)22)12-16-6-3-5-15-4-1-2-7-18(15)16/h1-11H,12-13,22H2. The van der Waals surface area contributed by atoms with Crippen molar-refractivity contribution in [2.45, 2.75) is 17.3 Å². The minimum absolute atomic E-state index is 0.238. The molecule has 26 heavy (non-hydrogen) atoms. The third-order valence-corrected chi connectivity index (χ3v) is 5.26. The summed E-state index contributed by atoms with van der Waals surface area (Å²) in [5, 5.41) is 11.5. The van der Waals surface area contributed by atoms with Gasteiger partial charge in [-0.05, 0) is 34.0 Å². The van der Waals surface area contributed by atoms with E-state index in [1.54, 1.807) is 12.1 Å². The van der Waals surface area contributed by atoms with Gasteiger partial charge in [-0.2, -0.15) is 0 Å². The molecule has 3 aromatic carbocycles. The molecule has 1 aromatic heterocycles. The van der Waals surface area contributed by atoms with E-state index in [1.165, 1.54) is 39.3 Å². The maximum atomic E-state index is 13.0. The Bertz CT molecular complexity index is 1040.